The molecule has 1 aliphatic heterocycles. The van der Waals surface area contributed by atoms with E-state index in [0.29, 0.717) is 12.0 Å². The fourth-order valence-electron chi connectivity index (χ4n) is 2.47. The SMILES string of the molecule is O=C1OC(c2ccccc2)CC1C(=O)c1ccccc1. The quantitative estimate of drug-likeness (QED) is 0.487. The Bertz CT molecular complexity index is 619. The van der Waals surface area contributed by atoms with Crippen LogP contribution in [0.25, 0.3) is 0 Å². The van der Waals surface area contributed by atoms with Crippen LogP contribution >= 0.6 is 0 Å². The van der Waals surface area contributed by atoms with Crippen molar-refractivity contribution in [1.82, 2.24) is 0 Å². The summed E-state index contributed by atoms with van der Waals surface area (Å²) in [5.41, 5.74) is 1.49. The van der Waals surface area contributed by atoms with Crippen LogP contribution in [0.15, 0.2) is 60.7 Å². The number of carbonyl (C=O) groups excluding carboxylic acids is 2. The summed E-state index contributed by atoms with van der Waals surface area (Å²) in [6.07, 6.45) is 0.0951. The fourth-order valence-corrected chi connectivity index (χ4v) is 2.47. The molecule has 3 nitrogen and oxygen atoms in total. The van der Waals surface area contributed by atoms with Gasteiger partial charge in [-0.05, 0) is 5.56 Å². The fraction of sp³-hybridized carbons (Fsp3) is 0.176. The van der Waals surface area contributed by atoms with Crippen molar-refractivity contribution in [1.29, 1.82) is 0 Å². The van der Waals surface area contributed by atoms with E-state index in [4.69, 9.17) is 4.74 Å². The Labute approximate surface area is 117 Å². The number of benzene rings is 2. The Morgan fingerprint density at radius 2 is 1.55 bits per heavy atom. The van der Waals surface area contributed by atoms with Crippen LogP contribution in [0.4, 0.5) is 0 Å². The highest BCUT2D eigenvalue weighted by molar-refractivity contribution is 6.09. The second-order valence-electron chi connectivity index (χ2n) is 4.85. The van der Waals surface area contributed by atoms with Crippen molar-refractivity contribution in [2.45, 2.75) is 12.5 Å². The molecule has 2 unspecified atom stereocenters. The average Bonchev–Trinajstić information content (AvgIpc) is 2.90. The van der Waals surface area contributed by atoms with Gasteiger partial charge in [-0.2, -0.15) is 0 Å². The van der Waals surface area contributed by atoms with Crippen LogP contribution in [-0.2, 0) is 9.53 Å². The predicted octanol–water partition coefficient (Wildman–Crippen LogP) is 3.17. The molecule has 0 saturated carbocycles. The Balaban J connectivity index is 1.80. The van der Waals surface area contributed by atoms with Crippen molar-refractivity contribution in [2.24, 2.45) is 5.92 Å². The second kappa shape index (κ2) is 5.29. The molecule has 0 amide bonds. The third-order valence-corrected chi connectivity index (χ3v) is 3.54. The predicted molar refractivity (Wildman–Crippen MR) is 74.2 cm³/mol. The number of ether oxygens (including phenoxy) is 1. The number of rotatable bonds is 3. The maximum atomic E-state index is 12.3. The van der Waals surface area contributed by atoms with Crippen LogP contribution in [0, 0.1) is 5.92 Å². The molecule has 3 heteroatoms. The lowest BCUT2D eigenvalue weighted by Crippen LogP contribution is -2.19. The minimum atomic E-state index is -0.692. The summed E-state index contributed by atoms with van der Waals surface area (Å²) in [7, 11) is 0. The zero-order chi connectivity index (χ0) is 13.9. The zero-order valence-electron chi connectivity index (χ0n) is 10.9. The van der Waals surface area contributed by atoms with Gasteiger partial charge in [0.1, 0.15) is 12.0 Å². The van der Waals surface area contributed by atoms with E-state index < -0.39 is 11.9 Å². The minimum Gasteiger partial charge on any atom is -0.457 e. The molecule has 100 valence electrons. The van der Waals surface area contributed by atoms with Crippen LogP contribution in [0.1, 0.15) is 28.4 Å². The van der Waals surface area contributed by atoms with E-state index in [-0.39, 0.29) is 11.9 Å². The van der Waals surface area contributed by atoms with Gasteiger partial charge in [0.15, 0.2) is 5.78 Å². The summed E-state index contributed by atoms with van der Waals surface area (Å²) >= 11 is 0. The van der Waals surface area contributed by atoms with Crippen molar-refractivity contribution in [3.8, 4) is 0 Å². The van der Waals surface area contributed by atoms with Crippen LogP contribution in [0.5, 0.6) is 0 Å². The first-order valence-electron chi connectivity index (χ1n) is 6.60. The monoisotopic (exact) mass is 266 g/mol. The maximum absolute atomic E-state index is 12.3. The molecule has 1 saturated heterocycles. The topological polar surface area (TPSA) is 43.4 Å². The number of carbonyl (C=O) groups is 2. The van der Waals surface area contributed by atoms with Crippen molar-refractivity contribution >= 4 is 11.8 Å². The Morgan fingerprint density at radius 3 is 2.20 bits per heavy atom. The van der Waals surface area contributed by atoms with E-state index in [1.54, 1.807) is 24.3 Å². The van der Waals surface area contributed by atoms with Crippen molar-refractivity contribution in [2.75, 3.05) is 0 Å². The standard InChI is InChI=1S/C17H14O3/c18-16(13-9-5-2-6-10-13)14-11-15(20-17(14)19)12-7-3-1-4-8-12/h1-10,14-15H,11H2. The normalized spacial score (nSPS) is 21.5. The van der Waals surface area contributed by atoms with Gasteiger partial charge in [-0.25, -0.2) is 0 Å². The number of ketones is 1. The first-order valence-corrected chi connectivity index (χ1v) is 6.60. The first kappa shape index (κ1) is 12.6. The molecule has 0 N–H and O–H groups in total. The molecule has 1 aliphatic rings. The summed E-state index contributed by atoms with van der Waals surface area (Å²) in [4.78, 5) is 24.3. The number of esters is 1. The highest BCUT2D eigenvalue weighted by atomic mass is 16.6. The molecule has 3 rings (SSSR count). The van der Waals surface area contributed by atoms with Crippen molar-refractivity contribution < 1.29 is 14.3 Å². The molecule has 0 bridgehead atoms. The summed E-state index contributed by atoms with van der Waals surface area (Å²) in [5.74, 6) is -1.27. The van der Waals surface area contributed by atoms with Crippen LogP contribution < -0.4 is 0 Å². The number of cyclic esters (lactones) is 1. The second-order valence-corrected chi connectivity index (χ2v) is 4.85. The van der Waals surface area contributed by atoms with Gasteiger partial charge in [0, 0.05) is 12.0 Å². The largest absolute Gasteiger partial charge is 0.457 e. The summed E-state index contributed by atoms with van der Waals surface area (Å²) in [6, 6.07) is 18.4. The molecule has 1 heterocycles. The highest BCUT2D eigenvalue weighted by Gasteiger charge is 2.40. The van der Waals surface area contributed by atoms with Gasteiger partial charge in [0.2, 0.25) is 0 Å². The van der Waals surface area contributed by atoms with E-state index >= 15 is 0 Å². The van der Waals surface area contributed by atoms with E-state index in [0.717, 1.165) is 5.56 Å². The van der Waals surface area contributed by atoms with Gasteiger partial charge in [-0.3, -0.25) is 9.59 Å². The highest BCUT2D eigenvalue weighted by Crippen LogP contribution is 2.34. The van der Waals surface area contributed by atoms with Crippen LogP contribution in [0.2, 0.25) is 0 Å². The minimum absolute atomic E-state index is 0.158. The number of hydrogen-bond acceptors (Lipinski definition) is 3. The van der Waals surface area contributed by atoms with Crippen LogP contribution in [-0.4, -0.2) is 11.8 Å². The van der Waals surface area contributed by atoms with Gasteiger partial charge >= 0.3 is 5.97 Å². The van der Waals surface area contributed by atoms with Crippen molar-refractivity contribution in [3.05, 3.63) is 71.8 Å². The Kier molecular flexibility index (Phi) is 3.33. The van der Waals surface area contributed by atoms with Gasteiger partial charge in [0.05, 0.1) is 0 Å². The third-order valence-electron chi connectivity index (χ3n) is 3.54. The van der Waals surface area contributed by atoms with E-state index in [2.05, 4.69) is 0 Å². The lowest BCUT2D eigenvalue weighted by molar-refractivity contribution is -0.143. The van der Waals surface area contributed by atoms with Gasteiger partial charge in [-0.1, -0.05) is 60.7 Å². The number of Topliss-reactive ketones (excluding diaryl/α,β-unsaturated/α-hetero) is 1. The van der Waals surface area contributed by atoms with E-state index in [1.165, 1.54) is 0 Å². The molecule has 20 heavy (non-hydrogen) atoms. The zero-order valence-corrected chi connectivity index (χ0v) is 10.9. The molecule has 0 aliphatic carbocycles. The lowest BCUT2D eigenvalue weighted by Gasteiger charge is -2.08. The molecular formula is C17H14O3. The molecule has 2 aromatic carbocycles. The average molecular weight is 266 g/mol. The molecule has 1 fully saturated rings. The molecule has 0 radical (unpaired) electrons. The summed E-state index contributed by atoms with van der Waals surface area (Å²) in [6.45, 7) is 0. The summed E-state index contributed by atoms with van der Waals surface area (Å²) in [5, 5.41) is 0. The molecule has 2 aromatic rings. The van der Waals surface area contributed by atoms with Crippen LogP contribution in [0.3, 0.4) is 0 Å². The van der Waals surface area contributed by atoms with Gasteiger partial charge in [-0.15, -0.1) is 0 Å². The molecular weight excluding hydrogens is 252 g/mol. The first-order chi connectivity index (χ1) is 9.75. The molecule has 0 spiro atoms. The van der Waals surface area contributed by atoms with Gasteiger partial charge in [0.25, 0.3) is 0 Å². The molecule has 0 aromatic heterocycles. The van der Waals surface area contributed by atoms with Gasteiger partial charge < -0.3 is 4.74 Å². The Hall–Kier alpha value is -2.42. The summed E-state index contributed by atoms with van der Waals surface area (Å²) < 4.78 is 5.34. The smallest absolute Gasteiger partial charge is 0.317 e. The third kappa shape index (κ3) is 2.35. The maximum Gasteiger partial charge on any atom is 0.317 e. The number of hydrogen-bond donors (Lipinski definition) is 0. The lowest BCUT2D eigenvalue weighted by atomic mass is 9.93. The Morgan fingerprint density at radius 1 is 0.950 bits per heavy atom. The van der Waals surface area contributed by atoms with E-state index in [9.17, 15) is 9.59 Å². The molecule has 2 atom stereocenters. The van der Waals surface area contributed by atoms with E-state index in [1.807, 2.05) is 36.4 Å². The van der Waals surface area contributed by atoms with Crippen molar-refractivity contribution in [3.63, 3.8) is 0 Å².